The first-order chi connectivity index (χ1) is 21.2. The van der Waals surface area contributed by atoms with Gasteiger partial charge in [-0.2, -0.15) is 0 Å². The van der Waals surface area contributed by atoms with E-state index in [0.717, 1.165) is 44.9 Å². The maximum Gasteiger partial charge on any atom is 0.287 e. The van der Waals surface area contributed by atoms with Crippen LogP contribution in [0.2, 0.25) is 0 Å². The number of carbonyl (C=O) groups excluding carboxylic acids is 5. The van der Waals surface area contributed by atoms with Crippen LogP contribution in [0.4, 0.5) is 0 Å². The summed E-state index contributed by atoms with van der Waals surface area (Å²) in [6.07, 6.45) is 7.22. The molecule has 4 amide bonds. The molecule has 260 valence electrons. The molecule has 1 heterocycles. The molecule has 0 spiro atoms. The number of amides is 4. The summed E-state index contributed by atoms with van der Waals surface area (Å²) < 4.78 is 6.32. The van der Waals surface area contributed by atoms with Crippen LogP contribution in [0.25, 0.3) is 0 Å². The second-order valence-corrected chi connectivity index (χ2v) is 17.7. The Bertz CT molecular complexity index is 1190. The van der Waals surface area contributed by atoms with Crippen LogP contribution in [0.3, 0.4) is 0 Å². The predicted octanol–water partition coefficient (Wildman–Crippen LogP) is 4.13. The Morgan fingerprint density at radius 2 is 1.52 bits per heavy atom. The SMILES string of the molecule is CC(C)(COC(C)(C)C(C)(C)C)CC(=O)N[C@H](C(=O)N1C[C@H]2[C@@H]([C@H]1C(=O)NC(CC1CC1)C(=O)C(N)=O)C2(C)C)C1CCCCC1. The summed E-state index contributed by atoms with van der Waals surface area (Å²) in [5, 5.41) is 5.97. The zero-order valence-electron chi connectivity index (χ0n) is 29.8. The van der Waals surface area contributed by atoms with Crippen LogP contribution >= 0.6 is 0 Å². The molecule has 0 aromatic rings. The Morgan fingerprint density at radius 1 is 0.913 bits per heavy atom. The van der Waals surface area contributed by atoms with E-state index in [1.54, 1.807) is 4.90 Å². The lowest BCUT2D eigenvalue weighted by molar-refractivity contribution is -0.146. The van der Waals surface area contributed by atoms with Gasteiger partial charge in [0.2, 0.25) is 23.5 Å². The molecule has 4 N–H and O–H groups in total. The summed E-state index contributed by atoms with van der Waals surface area (Å²) in [7, 11) is 0. The second kappa shape index (κ2) is 13.2. The van der Waals surface area contributed by atoms with E-state index in [4.69, 9.17) is 10.5 Å². The van der Waals surface area contributed by atoms with Crippen LogP contribution in [-0.4, -0.2) is 71.2 Å². The van der Waals surface area contributed by atoms with E-state index < -0.39 is 41.1 Å². The Kier molecular flexibility index (Phi) is 10.4. The number of fused-ring (bicyclic) bond motifs is 1. The quantitative estimate of drug-likeness (QED) is 0.242. The normalized spacial score (nSPS) is 26.1. The molecule has 1 saturated heterocycles. The molecule has 1 unspecified atom stereocenters. The van der Waals surface area contributed by atoms with Crippen LogP contribution < -0.4 is 16.4 Å². The number of piperidine rings is 1. The van der Waals surface area contributed by atoms with Crippen molar-refractivity contribution in [2.75, 3.05) is 13.2 Å². The molecule has 4 rings (SSSR count). The van der Waals surface area contributed by atoms with Crippen molar-refractivity contribution in [3.8, 4) is 0 Å². The van der Waals surface area contributed by atoms with E-state index in [-0.39, 0.29) is 58.3 Å². The smallest absolute Gasteiger partial charge is 0.287 e. The Morgan fingerprint density at radius 3 is 2.07 bits per heavy atom. The minimum absolute atomic E-state index is 0.0166. The molecule has 3 aliphatic carbocycles. The minimum Gasteiger partial charge on any atom is -0.374 e. The van der Waals surface area contributed by atoms with Gasteiger partial charge in [-0.15, -0.1) is 0 Å². The van der Waals surface area contributed by atoms with Gasteiger partial charge in [-0.25, -0.2) is 0 Å². The number of hydrogen-bond acceptors (Lipinski definition) is 6. The van der Waals surface area contributed by atoms with Crippen LogP contribution in [0, 0.1) is 39.9 Å². The highest BCUT2D eigenvalue weighted by Gasteiger charge is 2.69. The number of ketones is 1. The summed E-state index contributed by atoms with van der Waals surface area (Å²) in [5.41, 5.74) is 4.27. The van der Waals surface area contributed by atoms with Crippen molar-refractivity contribution in [1.29, 1.82) is 0 Å². The number of nitrogens with one attached hydrogen (secondary N) is 2. The van der Waals surface area contributed by atoms with Crippen molar-refractivity contribution in [2.45, 2.75) is 144 Å². The van der Waals surface area contributed by atoms with Crippen molar-refractivity contribution in [1.82, 2.24) is 15.5 Å². The maximum atomic E-state index is 14.5. The van der Waals surface area contributed by atoms with Gasteiger partial charge < -0.3 is 26.0 Å². The number of rotatable bonds is 14. The van der Waals surface area contributed by atoms with E-state index in [0.29, 0.717) is 19.6 Å². The molecule has 0 aromatic carbocycles. The van der Waals surface area contributed by atoms with Crippen LogP contribution in [0.15, 0.2) is 0 Å². The third-order valence-corrected chi connectivity index (χ3v) is 11.9. The standard InChI is InChI=1S/C36H60N4O6/c1-33(2,3)36(8,9)46-20-34(4,5)18-25(41)39-27(22-13-11-10-12-14-22)32(45)40-19-23-26(35(23,6)7)28(40)31(44)38-24(17-21-15-16-21)29(42)30(37)43/h21-24,26-28H,10-20H2,1-9H3,(H2,37,43)(H,38,44)(H,39,41)/t23-,24?,26-,27-,28-/m0/s1. The number of nitrogens with zero attached hydrogens (tertiary/aromatic N) is 1. The molecular weight excluding hydrogens is 584 g/mol. The second-order valence-electron chi connectivity index (χ2n) is 17.7. The summed E-state index contributed by atoms with van der Waals surface area (Å²) in [5.74, 6) is -2.37. The highest BCUT2D eigenvalue weighted by molar-refractivity contribution is 6.37. The molecule has 5 atom stereocenters. The van der Waals surface area contributed by atoms with Crippen molar-refractivity contribution in [3.63, 3.8) is 0 Å². The molecular formula is C36H60N4O6. The first-order valence-electron chi connectivity index (χ1n) is 17.5. The molecule has 0 radical (unpaired) electrons. The lowest BCUT2D eigenvalue weighted by Crippen LogP contribution is -2.59. The van der Waals surface area contributed by atoms with Gasteiger partial charge in [0.25, 0.3) is 5.91 Å². The first-order valence-corrected chi connectivity index (χ1v) is 17.5. The highest BCUT2D eigenvalue weighted by atomic mass is 16.5. The molecule has 0 aromatic heterocycles. The molecule has 0 bridgehead atoms. The van der Waals surface area contributed by atoms with Crippen molar-refractivity contribution in [3.05, 3.63) is 0 Å². The lowest BCUT2D eigenvalue weighted by Gasteiger charge is -2.41. The fourth-order valence-electron chi connectivity index (χ4n) is 7.49. The van der Waals surface area contributed by atoms with Crippen molar-refractivity contribution < 1.29 is 28.7 Å². The number of primary amides is 1. The Balaban J connectivity index is 1.51. The van der Waals surface area contributed by atoms with Gasteiger partial charge in [0.1, 0.15) is 12.1 Å². The van der Waals surface area contributed by atoms with E-state index in [2.05, 4.69) is 59.1 Å². The third kappa shape index (κ3) is 8.13. The fraction of sp³-hybridized carbons (Fsp3) is 0.861. The van der Waals surface area contributed by atoms with Crippen LogP contribution in [-0.2, 0) is 28.7 Å². The number of ether oxygens (including phenoxy) is 1. The molecule has 4 fully saturated rings. The van der Waals surface area contributed by atoms with Gasteiger partial charge in [-0.05, 0) is 73.0 Å². The lowest BCUT2D eigenvalue weighted by atomic mass is 9.78. The number of hydrogen-bond donors (Lipinski definition) is 3. The molecule has 1 aliphatic heterocycles. The minimum atomic E-state index is -1.06. The largest absolute Gasteiger partial charge is 0.374 e. The van der Waals surface area contributed by atoms with Gasteiger partial charge in [-0.3, -0.25) is 24.0 Å². The average Bonchev–Trinajstić information content (AvgIpc) is 3.81. The average molecular weight is 645 g/mol. The first kappa shape index (κ1) is 36.3. The molecule has 10 nitrogen and oxygen atoms in total. The van der Waals surface area contributed by atoms with E-state index >= 15 is 0 Å². The Labute approximate surface area is 276 Å². The van der Waals surface area contributed by atoms with Gasteiger partial charge in [-0.1, -0.05) is 80.6 Å². The summed E-state index contributed by atoms with van der Waals surface area (Å²) in [6.45, 7) is 19.6. The summed E-state index contributed by atoms with van der Waals surface area (Å²) >= 11 is 0. The maximum absolute atomic E-state index is 14.5. The van der Waals surface area contributed by atoms with Gasteiger partial charge in [0.05, 0.1) is 18.2 Å². The van der Waals surface area contributed by atoms with Crippen LogP contribution in [0.5, 0.6) is 0 Å². The predicted molar refractivity (Wildman–Crippen MR) is 176 cm³/mol. The third-order valence-electron chi connectivity index (χ3n) is 11.9. The zero-order valence-corrected chi connectivity index (χ0v) is 29.8. The monoisotopic (exact) mass is 644 g/mol. The molecule has 46 heavy (non-hydrogen) atoms. The number of nitrogens with two attached hydrogens (primary N) is 1. The number of Topliss-reactive ketones (excluding diaryl/α,β-unsaturated/α-hetero) is 1. The van der Waals surface area contributed by atoms with E-state index in [1.165, 1.54) is 0 Å². The summed E-state index contributed by atoms with van der Waals surface area (Å²) in [6, 6.07) is -2.50. The molecule has 3 saturated carbocycles. The molecule has 10 heteroatoms. The zero-order chi connectivity index (χ0) is 34.4. The number of carbonyl (C=O) groups is 5. The summed E-state index contributed by atoms with van der Waals surface area (Å²) in [4.78, 5) is 68.2. The van der Waals surface area contributed by atoms with Crippen LogP contribution in [0.1, 0.15) is 120 Å². The Hall–Kier alpha value is -2.49. The van der Waals surface area contributed by atoms with E-state index in [9.17, 15) is 24.0 Å². The van der Waals surface area contributed by atoms with Crippen molar-refractivity contribution in [2.24, 2.45) is 45.7 Å². The van der Waals surface area contributed by atoms with E-state index in [1.807, 2.05) is 13.8 Å². The van der Waals surface area contributed by atoms with Crippen molar-refractivity contribution >= 4 is 29.4 Å². The van der Waals surface area contributed by atoms with Gasteiger partial charge >= 0.3 is 0 Å². The highest BCUT2D eigenvalue weighted by Crippen LogP contribution is 2.65. The van der Waals surface area contributed by atoms with Gasteiger partial charge in [0.15, 0.2) is 0 Å². The fourth-order valence-corrected chi connectivity index (χ4v) is 7.49. The number of likely N-dealkylation sites (tertiary alicyclic amines) is 1. The topological polar surface area (TPSA) is 148 Å². The molecule has 4 aliphatic rings. The van der Waals surface area contributed by atoms with Gasteiger partial charge in [0, 0.05) is 13.0 Å².